The molecule has 0 amide bonds. The lowest BCUT2D eigenvalue weighted by Crippen LogP contribution is -2.09. The molecule has 0 atom stereocenters. The number of nitro benzene ring substituents is 1. The highest BCUT2D eigenvalue weighted by molar-refractivity contribution is 5.86. The summed E-state index contributed by atoms with van der Waals surface area (Å²) in [6, 6.07) is 8.29. The van der Waals surface area contributed by atoms with Gasteiger partial charge >= 0.3 is 0 Å². The summed E-state index contributed by atoms with van der Waals surface area (Å²) >= 11 is 0. The zero-order valence-electron chi connectivity index (χ0n) is 14.2. The molecular weight excluding hydrogens is 352 g/mol. The number of aromatic nitrogens is 2. The first-order valence-corrected chi connectivity index (χ1v) is 8.40. The lowest BCUT2D eigenvalue weighted by Gasteiger charge is -2.11. The molecule has 0 saturated heterocycles. The van der Waals surface area contributed by atoms with Gasteiger partial charge in [0.25, 0.3) is 11.2 Å². The third kappa shape index (κ3) is 3.39. The smallest absolute Gasteiger partial charge is 0.293 e. The molecule has 2 heterocycles. The Morgan fingerprint density at radius 1 is 1.19 bits per heavy atom. The quantitative estimate of drug-likeness (QED) is 0.536. The summed E-state index contributed by atoms with van der Waals surface area (Å²) in [7, 11) is 0. The van der Waals surface area contributed by atoms with Crippen LogP contribution in [0.5, 0.6) is 11.5 Å². The summed E-state index contributed by atoms with van der Waals surface area (Å²) in [6.45, 7) is 1.53. The number of fused-ring (bicyclic) bond motifs is 2. The van der Waals surface area contributed by atoms with Crippen molar-refractivity contribution in [2.24, 2.45) is 0 Å². The van der Waals surface area contributed by atoms with E-state index in [-0.39, 0.29) is 16.8 Å². The highest BCUT2D eigenvalue weighted by atomic mass is 16.6. The van der Waals surface area contributed by atoms with Crippen molar-refractivity contribution in [2.75, 3.05) is 18.5 Å². The van der Waals surface area contributed by atoms with E-state index < -0.39 is 10.5 Å². The van der Waals surface area contributed by atoms with Crippen LogP contribution in [-0.4, -0.2) is 28.1 Å². The van der Waals surface area contributed by atoms with E-state index in [1.807, 2.05) is 18.2 Å². The molecule has 0 spiro atoms. The van der Waals surface area contributed by atoms with Gasteiger partial charge in [0, 0.05) is 19.0 Å². The van der Waals surface area contributed by atoms with Crippen LogP contribution in [0.3, 0.4) is 0 Å². The number of anilines is 1. The maximum atomic E-state index is 11.8. The Labute approximate surface area is 153 Å². The summed E-state index contributed by atoms with van der Waals surface area (Å²) in [6.07, 6.45) is 2.09. The molecule has 0 aliphatic carbocycles. The molecule has 0 fully saturated rings. The van der Waals surface area contributed by atoms with Gasteiger partial charge in [-0.1, -0.05) is 6.07 Å². The lowest BCUT2D eigenvalue weighted by molar-refractivity contribution is -0.383. The summed E-state index contributed by atoms with van der Waals surface area (Å²) in [4.78, 5) is 29.2. The summed E-state index contributed by atoms with van der Waals surface area (Å²) < 4.78 is 11.3. The van der Waals surface area contributed by atoms with Crippen LogP contribution in [0.4, 0.5) is 11.4 Å². The van der Waals surface area contributed by atoms with Crippen molar-refractivity contribution >= 4 is 22.3 Å². The molecule has 2 N–H and O–H groups in total. The van der Waals surface area contributed by atoms with Crippen LogP contribution in [0, 0.1) is 10.1 Å². The van der Waals surface area contributed by atoms with Crippen LogP contribution >= 0.6 is 0 Å². The maximum absolute atomic E-state index is 11.8. The standard InChI is InChI=1S/C18H16N4O5/c23-18-12-7-15(22(24)25)14(8-13(12)20-10-21-18)19-9-11-2-3-16-17(6-11)27-5-1-4-26-16/h2-3,6-8,10,19H,1,4-5,9H2,(H,20,21,23). The molecule has 0 unspecified atom stereocenters. The van der Waals surface area contributed by atoms with Crippen LogP contribution in [0.25, 0.3) is 10.9 Å². The fourth-order valence-electron chi connectivity index (χ4n) is 2.91. The van der Waals surface area contributed by atoms with E-state index >= 15 is 0 Å². The van der Waals surface area contributed by atoms with E-state index in [0.717, 1.165) is 12.0 Å². The van der Waals surface area contributed by atoms with E-state index in [2.05, 4.69) is 15.3 Å². The topological polar surface area (TPSA) is 119 Å². The minimum absolute atomic E-state index is 0.172. The second kappa shape index (κ2) is 6.94. The van der Waals surface area contributed by atoms with Crippen molar-refractivity contribution < 1.29 is 14.4 Å². The third-order valence-corrected chi connectivity index (χ3v) is 4.25. The van der Waals surface area contributed by atoms with Gasteiger partial charge in [-0.25, -0.2) is 4.98 Å². The Hall–Kier alpha value is -3.62. The Morgan fingerprint density at radius 2 is 2.00 bits per heavy atom. The van der Waals surface area contributed by atoms with Crippen LogP contribution in [0.15, 0.2) is 41.5 Å². The fourth-order valence-corrected chi connectivity index (χ4v) is 2.91. The third-order valence-electron chi connectivity index (χ3n) is 4.25. The molecule has 0 radical (unpaired) electrons. The van der Waals surface area contributed by atoms with Gasteiger partial charge in [-0.05, 0) is 23.8 Å². The van der Waals surface area contributed by atoms with Crippen LogP contribution in [-0.2, 0) is 6.54 Å². The second-order valence-corrected chi connectivity index (χ2v) is 6.06. The van der Waals surface area contributed by atoms with Gasteiger partial charge in [0.2, 0.25) is 0 Å². The first kappa shape index (κ1) is 16.8. The molecule has 138 valence electrons. The van der Waals surface area contributed by atoms with Gasteiger partial charge in [-0.15, -0.1) is 0 Å². The van der Waals surface area contributed by atoms with Gasteiger partial charge in [-0.3, -0.25) is 14.9 Å². The molecule has 9 heteroatoms. The lowest BCUT2D eigenvalue weighted by atomic mass is 10.1. The summed E-state index contributed by atoms with van der Waals surface area (Å²) in [5.74, 6) is 1.35. The fraction of sp³-hybridized carbons (Fsp3) is 0.222. The predicted molar refractivity (Wildman–Crippen MR) is 98.4 cm³/mol. The van der Waals surface area contributed by atoms with Gasteiger partial charge in [0.15, 0.2) is 11.5 Å². The molecule has 0 saturated carbocycles. The maximum Gasteiger partial charge on any atom is 0.293 e. The number of benzene rings is 2. The average molecular weight is 368 g/mol. The summed E-state index contributed by atoms with van der Waals surface area (Å²) in [5, 5.41) is 14.6. The van der Waals surface area contributed by atoms with Crippen LogP contribution in [0.2, 0.25) is 0 Å². The first-order chi connectivity index (χ1) is 13.1. The molecule has 4 rings (SSSR count). The average Bonchev–Trinajstić information content (AvgIpc) is 2.90. The van der Waals surface area contributed by atoms with E-state index in [1.54, 1.807) is 0 Å². The van der Waals surface area contributed by atoms with Gasteiger partial charge in [0.05, 0.1) is 35.4 Å². The number of H-pyrrole nitrogens is 1. The Bertz CT molecular complexity index is 1080. The zero-order valence-corrected chi connectivity index (χ0v) is 14.2. The van der Waals surface area contributed by atoms with Crippen molar-refractivity contribution in [3.8, 4) is 11.5 Å². The second-order valence-electron chi connectivity index (χ2n) is 6.06. The minimum Gasteiger partial charge on any atom is -0.490 e. The molecule has 1 aliphatic heterocycles. The number of ether oxygens (including phenoxy) is 2. The molecule has 27 heavy (non-hydrogen) atoms. The number of nitro groups is 1. The number of rotatable bonds is 4. The van der Waals surface area contributed by atoms with Crippen LogP contribution < -0.4 is 20.3 Å². The zero-order chi connectivity index (χ0) is 18.8. The Kier molecular flexibility index (Phi) is 4.33. The SMILES string of the molecule is O=c1[nH]cnc2cc(NCc3ccc4c(c3)OCCCO4)c([N+](=O)[O-])cc12. The van der Waals surface area contributed by atoms with E-state index in [1.165, 1.54) is 18.5 Å². The van der Waals surface area contributed by atoms with E-state index in [4.69, 9.17) is 9.47 Å². The largest absolute Gasteiger partial charge is 0.490 e. The Morgan fingerprint density at radius 3 is 2.81 bits per heavy atom. The normalized spacial score (nSPS) is 13.2. The summed E-state index contributed by atoms with van der Waals surface area (Å²) in [5.41, 5.74) is 0.948. The van der Waals surface area contributed by atoms with Crippen molar-refractivity contribution in [2.45, 2.75) is 13.0 Å². The van der Waals surface area contributed by atoms with Crippen molar-refractivity contribution in [3.63, 3.8) is 0 Å². The number of nitrogens with one attached hydrogen (secondary N) is 2. The Balaban J connectivity index is 1.63. The van der Waals surface area contributed by atoms with Gasteiger partial charge < -0.3 is 19.8 Å². The van der Waals surface area contributed by atoms with Crippen molar-refractivity contribution in [1.82, 2.24) is 9.97 Å². The predicted octanol–water partition coefficient (Wildman–Crippen LogP) is 2.60. The highest BCUT2D eigenvalue weighted by Crippen LogP contribution is 2.32. The number of aromatic amines is 1. The molecule has 9 nitrogen and oxygen atoms in total. The first-order valence-electron chi connectivity index (χ1n) is 8.40. The van der Waals surface area contributed by atoms with E-state index in [9.17, 15) is 14.9 Å². The van der Waals surface area contributed by atoms with Crippen molar-refractivity contribution in [1.29, 1.82) is 0 Å². The molecule has 2 aromatic carbocycles. The minimum atomic E-state index is -0.526. The molecule has 0 bridgehead atoms. The number of nitrogens with zero attached hydrogens (tertiary/aromatic N) is 2. The number of hydrogen-bond donors (Lipinski definition) is 2. The van der Waals surface area contributed by atoms with E-state index in [0.29, 0.717) is 36.8 Å². The monoisotopic (exact) mass is 368 g/mol. The van der Waals surface area contributed by atoms with Gasteiger partial charge in [0.1, 0.15) is 5.69 Å². The number of hydrogen-bond acceptors (Lipinski definition) is 7. The van der Waals surface area contributed by atoms with Crippen LogP contribution in [0.1, 0.15) is 12.0 Å². The molecule has 3 aromatic rings. The highest BCUT2D eigenvalue weighted by Gasteiger charge is 2.17. The van der Waals surface area contributed by atoms with Gasteiger partial charge in [-0.2, -0.15) is 0 Å². The molecular formula is C18H16N4O5. The molecule has 1 aromatic heterocycles. The van der Waals surface area contributed by atoms with Crippen molar-refractivity contribution in [3.05, 3.63) is 62.7 Å². The molecule has 1 aliphatic rings.